The number of hydrogen-bond acceptors (Lipinski definition) is 6. The predicted molar refractivity (Wildman–Crippen MR) is 124 cm³/mol. The van der Waals surface area contributed by atoms with Crippen molar-refractivity contribution >= 4 is 17.2 Å². The maximum atomic E-state index is 13.0. The maximum absolute atomic E-state index is 13.0. The summed E-state index contributed by atoms with van der Waals surface area (Å²) in [7, 11) is 0. The van der Waals surface area contributed by atoms with Gasteiger partial charge in [-0.25, -0.2) is 13.8 Å². The van der Waals surface area contributed by atoms with Gasteiger partial charge in [-0.3, -0.25) is 14.7 Å². The SMILES string of the molecule is CC(F)(F)COc1nc2c(s1)CCN(CCC1CCC(NC(=O)c3ccnc(C(F)(F)F)c3)CC1)C2. The molecule has 0 radical (unpaired) electrons. The molecule has 0 aromatic carbocycles. The van der Waals surface area contributed by atoms with Crippen molar-refractivity contribution in [2.75, 3.05) is 19.7 Å². The topological polar surface area (TPSA) is 67.3 Å². The molecule has 1 aliphatic heterocycles. The highest BCUT2D eigenvalue weighted by molar-refractivity contribution is 7.13. The van der Waals surface area contributed by atoms with Crippen molar-refractivity contribution in [2.45, 2.75) is 70.1 Å². The molecule has 0 saturated heterocycles. The lowest BCUT2D eigenvalue weighted by Crippen LogP contribution is -2.38. The lowest BCUT2D eigenvalue weighted by Gasteiger charge is -2.32. The van der Waals surface area contributed by atoms with Crippen LogP contribution >= 0.6 is 11.3 Å². The minimum atomic E-state index is -4.59. The third kappa shape index (κ3) is 7.34. The number of alkyl halides is 5. The summed E-state index contributed by atoms with van der Waals surface area (Å²) in [5.74, 6) is -2.89. The summed E-state index contributed by atoms with van der Waals surface area (Å²) in [4.78, 5) is 23.5. The fourth-order valence-electron chi connectivity index (χ4n) is 4.63. The Labute approximate surface area is 210 Å². The average Bonchev–Trinajstić information content (AvgIpc) is 3.24. The van der Waals surface area contributed by atoms with E-state index in [-0.39, 0.29) is 11.6 Å². The summed E-state index contributed by atoms with van der Waals surface area (Å²) in [6.45, 7) is 2.60. The molecule has 1 amide bonds. The first-order valence-corrected chi connectivity index (χ1v) is 12.8. The molecule has 1 fully saturated rings. The van der Waals surface area contributed by atoms with Crippen LogP contribution in [0, 0.1) is 5.92 Å². The molecule has 2 aliphatic rings. The van der Waals surface area contributed by atoms with E-state index in [2.05, 4.69) is 20.2 Å². The van der Waals surface area contributed by atoms with Crippen molar-refractivity contribution < 1.29 is 31.5 Å². The first-order chi connectivity index (χ1) is 17.0. The molecule has 3 heterocycles. The van der Waals surface area contributed by atoms with Crippen LogP contribution in [-0.4, -0.2) is 52.4 Å². The van der Waals surface area contributed by atoms with Gasteiger partial charge in [0, 0.05) is 42.7 Å². The van der Waals surface area contributed by atoms with Crippen molar-refractivity contribution in [3.63, 3.8) is 0 Å². The first kappa shape index (κ1) is 26.7. The molecule has 6 nitrogen and oxygen atoms in total. The fraction of sp³-hybridized carbons (Fsp3) is 0.625. The Morgan fingerprint density at radius 1 is 1.22 bits per heavy atom. The highest BCUT2D eigenvalue weighted by Crippen LogP contribution is 2.32. The van der Waals surface area contributed by atoms with E-state index in [0.717, 1.165) is 81.4 Å². The van der Waals surface area contributed by atoms with Gasteiger partial charge in [-0.2, -0.15) is 13.2 Å². The van der Waals surface area contributed by atoms with Gasteiger partial charge in [0.2, 0.25) is 0 Å². The van der Waals surface area contributed by atoms with E-state index in [1.807, 2.05) is 0 Å². The number of hydrogen-bond donors (Lipinski definition) is 1. The van der Waals surface area contributed by atoms with Gasteiger partial charge >= 0.3 is 6.18 Å². The molecule has 1 saturated carbocycles. The van der Waals surface area contributed by atoms with E-state index in [4.69, 9.17) is 4.74 Å². The molecule has 1 N–H and O–H groups in total. The van der Waals surface area contributed by atoms with Crippen LogP contribution < -0.4 is 10.1 Å². The standard InChI is InChI=1S/C24H29F5N4O2S/c1-23(25,26)14-35-22-32-18-13-33(11-8-19(18)36-22)10-7-15-2-4-17(5-3-15)31-21(34)16-6-9-30-20(12-16)24(27,28)29/h6,9,12,15,17H,2-5,7-8,10-11,13-14H2,1H3,(H,31,34). The van der Waals surface area contributed by atoms with Crippen molar-refractivity contribution in [3.8, 4) is 5.19 Å². The molecule has 1 aliphatic carbocycles. The Balaban J connectivity index is 1.19. The van der Waals surface area contributed by atoms with E-state index < -0.39 is 30.3 Å². The van der Waals surface area contributed by atoms with Crippen LogP contribution in [0.1, 0.15) is 65.7 Å². The third-order valence-corrected chi connectivity index (χ3v) is 7.65. The number of pyridine rings is 1. The van der Waals surface area contributed by atoms with Crippen LogP contribution in [0.4, 0.5) is 22.0 Å². The summed E-state index contributed by atoms with van der Waals surface area (Å²) in [5, 5.41) is 3.16. The molecule has 12 heteroatoms. The van der Waals surface area contributed by atoms with Crippen molar-refractivity contribution in [3.05, 3.63) is 40.2 Å². The van der Waals surface area contributed by atoms with E-state index in [9.17, 15) is 26.7 Å². The summed E-state index contributed by atoms with van der Waals surface area (Å²) in [5.41, 5.74) is -0.215. The fourth-order valence-corrected chi connectivity index (χ4v) is 5.53. The van der Waals surface area contributed by atoms with E-state index in [1.54, 1.807) is 0 Å². The third-order valence-electron chi connectivity index (χ3n) is 6.58. The lowest BCUT2D eigenvalue weighted by molar-refractivity contribution is -0.141. The van der Waals surface area contributed by atoms with Crippen molar-refractivity contribution in [1.29, 1.82) is 0 Å². The second-order valence-electron chi connectivity index (χ2n) is 9.64. The Morgan fingerprint density at radius 2 is 1.97 bits per heavy atom. The van der Waals surface area contributed by atoms with Gasteiger partial charge in [-0.1, -0.05) is 11.3 Å². The van der Waals surface area contributed by atoms with Gasteiger partial charge < -0.3 is 10.1 Å². The van der Waals surface area contributed by atoms with Crippen LogP contribution in [0.15, 0.2) is 18.3 Å². The smallest absolute Gasteiger partial charge is 0.433 e. The van der Waals surface area contributed by atoms with Gasteiger partial charge in [-0.15, -0.1) is 0 Å². The number of thiazole rings is 1. The molecule has 2 aromatic rings. The molecule has 4 rings (SSSR count). The molecule has 0 spiro atoms. The highest BCUT2D eigenvalue weighted by atomic mass is 32.1. The molecule has 2 aromatic heterocycles. The van der Waals surface area contributed by atoms with Gasteiger partial charge in [-0.05, 0) is 63.1 Å². The Hall–Kier alpha value is -2.34. The Kier molecular flexibility index (Phi) is 8.13. The average molecular weight is 533 g/mol. The molecular formula is C24H29F5N4O2S. The second kappa shape index (κ2) is 11.0. The Morgan fingerprint density at radius 3 is 2.67 bits per heavy atom. The maximum Gasteiger partial charge on any atom is 0.433 e. The zero-order valence-electron chi connectivity index (χ0n) is 19.9. The number of halogens is 5. The van der Waals surface area contributed by atoms with Crippen LogP contribution in [-0.2, 0) is 19.1 Å². The number of amides is 1. The molecule has 0 unspecified atom stereocenters. The number of carbonyl (C=O) groups excluding carboxylic acids is 1. The quantitative estimate of drug-likeness (QED) is 0.466. The molecule has 198 valence electrons. The number of rotatable bonds is 8. The number of carbonyl (C=O) groups is 1. The second-order valence-corrected chi connectivity index (χ2v) is 10.7. The minimum Gasteiger partial charge on any atom is -0.464 e. The van der Waals surface area contributed by atoms with Gasteiger partial charge in [0.15, 0.2) is 6.61 Å². The zero-order chi connectivity index (χ0) is 25.9. The van der Waals surface area contributed by atoms with Crippen LogP contribution in [0.3, 0.4) is 0 Å². The largest absolute Gasteiger partial charge is 0.464 e. The highest BCUT2D eigenvalue weighted by Gasteiger charge is 2.33. The molecule has 36 heavy (non-hydrogen) atoms. The molecule has 0 bridgehead atoms. The number of aromatic nitrogens is 2. The zero-order valence-corrected chi connectivity index (χ0v) is 20.7. The summed E-state index contributed by atoms with van der Waals surface area (Å²) in [6, 6.07) is 2.01. The summed E-state index contributed by atoms with van der Waals surface area (Å²) in [6.07, 6.45) is 1.68. The first-order valence-electron chi connectivity index (χ1n) is 12.0. The Bertz CT molecular complexity index is 1050. The van der Waals surface area contributed by atoms with Crippen LogP contribution in [0.25, 0.3) is 0 Å². The van der Waals surface area contributed by atoms with Crippen molar-refractivity contribution in [2.24, 2.45) is 5.92 Å². The number of ether oxygens (including phenoxy) is 1. The lowest BCUT2D eigenvalue weighted by atomic mass is 9.84. The monoisotopic (exact) mass is 532 g/mol. The number of nitrogens with zero attached hydrogens (tertiary/aromatic N) is 3. The van der Waals surface area contributed by atoms with E-state index in [1.165, 1.54) is 17.4 Å². The normalized spacial score (nSPS) is 21.2. The summed E-state index contributed by atoms with van der Waals surface area (Å²) < 4.78 is 69.8. The van der Waals surface area contributed by atoms with Crippen LogP contribution in [0.5, 0.6) is 5.19 Å². The summed E-state index contributed by atoms with van der Waals surface area (Å²) >= 11 is 1.34. The predicted octanol–water partition coefficient (Wildman–Crippen LogP) is 5.33. The van der Waals surface area contributed by atoms with Crippen molar-refractivity contribution in [1.82, 2.24) is 20.2 Å². The van der Waals surface area contributed by atoms with E-state index >= 15 is 0 Å². The van der Waals surface area contributed by atoms with Gasteiger partial charge in [0.25, 0.3) is 17.0 Å². The van der Waals surface area contributed by atoms with Gasteiger partial charge in [0.1, 0.15) is 5.69 Å². The van der Waals surface area contributed by atoms with Crippen LogP contribution in [0.2, 0.25) is 0 Å². The van der Waals surface area contributed by atoms with Gasteiger partial charge in [0.05, 0.1) is 5.69 Å². The molecule has 0 atom stereocenters. The number of nitrogens with one attached hydrogen (secondary N) is 1. The number of fused-ring (bicyclic) bond motifs is 1. The van der Waals surface area contributed by atoms with E-state index in [0.29, 0.717) is 17.7 Å². The molecular weight excluding hydrogens is 503 g/mol. The minimum absolute atomic E-state index is 0.0390.